The van der Waals surface area contributed by atoms with Crippen molar-refractivity contribution in [1.29, 1.82) is 5.26 Å². The predicted octanol–water partition coefficient (Wildman–Crippen LogP) is 2.71. The molecule has 0 radical (unpaired) electrons. The van der Waals surface area contributed by atoms with Gasteiger partial charge in [0.25, 0.3) is 0 Å². The van der Waals surface area contributed by atoms with Crippen molar-refractivity contribution in [3.63, 3.8) is 0 Å². The summed E-state index contributed by atoms with van der Waals surface area (Å²) >= 11 is 0. The average Bonchev–Trinajstić information content (AvgIpc) is 3.05. The second-order valence-corrected chi connectivity index (χ2v) is 5.46. The first-order valence-corrected chi connectivity index (χ1v) is 7.43. The minimum Gasteiger partial charge on any atom is -0.439 e. The standard InChI is InChI=1S/C17H12FN5O/c18-12-5-11(8-19)6-13(7-12)23-4-1-16-15(10-23)22-17(24-16)14-9-20-2-3-21-14/h2-3,5-7,9H,1,4,10H2. The Balaban J connectivity index is 1.64. The molecule has 0 fully saturated rings. The zero-order valence-electron chi connectivity index (χ0n) is 12.6. The number of benzene rings is 1. The first kappa shape index (κ1) is 14.3. The Kier molecular flexibility index (Phi) is 3.43. The lowest BCUT2D eigenvalue weighted by atomic mass is 10.1. The summed E-state index contributed by atoms with van der Waals surface area (Å²) < 4.78 is 19.4. The summed E-state index contributed by atoms with van der Waals surface area (Å²) in [5, 5.41) is 9.00. The molecule has 0 amide bonds. The van der Waals surface area contributed by atoms with Gasteiger partial charge >= 0.3 is 0 Å². The fourth-order valence-electron chi connectivity index (χ4n) is 2.76. The van der Waals surface area contributed by atoms with Crippen LogP contribution < -0.4 is 4.90 Å². The molecule has 0 unspecified atom stereocenters. The number of fused-ring (bicyclic) bond motifs is 1. The number of hydrogen-bond acceptors (Lipinski definition) is 6. The van der Waals surface area contributed by atoms with Gasteiger partial charge in [0.15, 0.2) is 0 Å². The van der Waals surface area contributed by atoms with Gasteiger partial charge in [0.1, 0.15) is 23.0 Å². The van der Waals surface area contributed by atoms with Gasteiger partial charge in [-0.25, -0.2) is 14.4 Å². The molecule has 3 aromatic rings. The summed E-state index contributed by atoms with van der Waals surface area (Å²) in [6.45, 7) is 1.16. The van der Waals surface area contributed by atoms with Crippen molar-refractivity contribution >= 4 is 5.69 Å². The Morgan fingerprint density at radius 1 is 1.25 bits per heavy atom. The molecule has 3 heterocycles. The van der Waals surface area contributed by atoms with E-state index in [2.05, 4.69) is 15.0 Å². The van der Waals surface area contributed by atoms with E-state index in [4.69, 9.17) is 9.68 Å². The van der Waals surface area contributed by atoms with Crippen LogP contribution in [-0.2, 0) is 13.0 Å². The first-order valence-electron chi connectivity index (χ1n) is 7.43. The van der Waals surface area contributed by atoms with Crippen LogP contribution in [0.2, 0.25) is 0 Å². The van der Waals surface area contributed by atoms with Crippen LogP contribution in [0.15, 0.2) is 41.2 Å². The second kappa shape index (κ2) is 5.74. The Bertz CT molecular complexity index is 932. The van der Waals surface area contributed by atoms with E-state index in [1.165, 1.54) is 12.1 Å². The first-order chi connectivity index (χ1) is 11.7. The predicted molar refractivity (Wildman–Crippen MR) is 83.4 cm³/mol. The van der Waals surface area contributed by atoms with Crippen molar-refractivity contribution in [3.05, 3.63) is 59.6 Å². The van der Waals surface area contributed by atoms with Gasteiger partial charge < -0.3 is 9.32 Å². The molecule has 0 N–H and O–H groups in total. The van der Waals surface area contributed by atoms with Gasteiger partial charge in [-0.05, 0) is 18.2 Å². The van der Waals surface area contributed by atoms with E-state index in [0.29, 0.717) is 42.3 Å². The Morgan fingerprint density at radius 2 is 2.17 bits per heavy atom. The zero-order valence-corrected chi connectivity index (χ0v) is 12.6. The Labute approximate surface area is 137 Å². The Morgan fingerprint density at radius 3 is 2.96 bits per heavy atom. The fourth-order valence-corrected chi connectivity index (χ4v) is 2.76. The quantitative estimate of drug-likeness (QED) is 0.722. The van der Waals surface area contributed by atoms with Crippen LogP contribution in [-0.4, -0.2) is 21.5 Å². The molecule has 1 aliphatic heterocycles. The number of aromatic nitrogens is 3. The summed E-state index contributed by atoms with van der Waals surface area (Å²) in [5.74, 6) is 0.825. The minimum atomic E-state index is -0.421. The lowest BCUT2D eigenvalue weighted by Gasteiger charge is -2.27. The number of anilines is 1. The molecule has 0 bridgehead atoms. The molecule has 1 aromatic carbocycles. The highest BCUT2D eigenvalue weighted by Crippen LogP contribution is 2.28. The Hall–Kier alpha value is -3.27. The molecule has 6 nitrogen and oxygen atoms in total. The van der Waals surface area contributed by atoms with Crippen LogP contribution >= 0.6 is 0 Å². The van der Waals surface area contributed by atoms with Crippen molar-refractivity contribution in [2.45, 2.75) is 13.0 Å². The van der Waals surface area contributed by atoms with Crippen molar-refractivity contribution in [1.82, 2.24) is 15.0 Å². The van der Waals surface area contributed by atoms with E-state index in [1.807, 2.05) is 11.0 Å². The van der Waals surface area contributed by atoms with Crippen LogP contribution in [0.25, 0.3) is 11.6 Å². The van der Waals surface area contributed by atoms with Crippen LogP contribution in [0, 0.1) is 17.1 Å². The SMILES string of the molecule is N#Cc1cc(F)cc(N2CCc3oc(-c4cnccn4)nc3C2)c1. The topological polar surface area (TPSA) is 78.8 Å². The van der Waals surface area contributed by atoms with Crippen LogP contribution in [0.3, 0.4) is 0 Å². The molecule has 4 rings (SSSR count). The van der Waals surface area contributed by atoms with E-state index < -0.39 is 5.82 Å². The van der Waals surface area contributed by atoms with Gasteiger partial charge in [-0.3, -0.25) is 4.98 Å². The molecule has 2 aromatic heterocycles. The lowest BCUT2D eigenvalue weighted by Crippen LogP contribution is -2.30. The maximum atomic E-state index is 13.7. The van der Waals surface area contributed by atoms with E-state index in [-0.39, 0.29) is 0 Å². The molecule has 0 atom stereocenters. The fraction of sp³-hybridized carbons (Fsp3) is 0.176. The highest BCUT2D eigenvalue weighted by Gasteiger charge is 2.24. The van der Waals surface area contributed by atoms with Gasteiger partial charge in [-0.1, -0.05) is 0 Å². The normalized spacial score (nSPS) is 13.4. The van der Waals surface area contributed by atoms with Gasteiger partial charge in [0.05, 0.1) is 24.4 Å². The zero-order chi connectivity index (χ0) is 16.5. The highest BCUT2D eigenvalue weighted by atomic mass is 19.1. The van der Waals surface area contributed by atoms with Crippen molar-refractivity contribution < 1.29 is 8.81 Å². The van der Waals surface area contributed by atoms with Crippen LogP contribution in [0.1, 0.15) is 17.0 Å². The number of nitrogens with zero attached hydrogens (tertiary/aromatic N) is 5. The molecule has 118 valence electrons. The molecular weight excluding hydrogens is 309 g/mol. The molecule has 1 aliphatic rings. The smallest absolute Gasteiger partial charge is 0.247 e. The van der Waals surface area contributed by atoms with E-state index in [9.17, 15) is 4.39 Å². The van der Waals surface area contributed by atoms with Crippen molar-refractivity contribution in [3.8, 4) is 17.7 Å². The molecule has 7 heteroatoms. The third-order valence-electron chi connectivity index (χ3n) is 3.89. The highest BCUT2D eigenvalue weighted by molar-refractivity contribution is 5.54. The maximum absolute atomic E-state index is 13.7. The third kappa shape index (κ3) is 2.58. The minimum absolute atomic E-state index is 0.302. The number of oxazole rings is 1. The lowest BCUT2D eigenvalue weighted by molar-refractivity contribution is 0.497. The summed E-state index contributed by atoms with van der Waals surface area (Å²) in [7, 11) is 0. The molecule has 0 saturated carbocycles. The number of hydrogen-bond donors (Lipinski definition) is 0. The van der Waals surface area contributed by atoms with Crippen LogP contribution in [0.5, 0.6) is 0 Å². The van der Waals surface area contributed by atoms with E-state index in [0.717, 1.165) is 11.5 Å². The summed E-state index contributed by atoms with van der Waals surface area (Å²) in [4.78, 5) is 14.7. The summed E-state index contributed by atoms with van der Waals surface area (Å²) in [6.07, 6.45) is 5.42. The van der Waals surface area contributed by atoms with Crippen molar-refractivity contribution in [2.75, 3.05) is 11.4 Å². The maximum Gasteiger partial charge on any atom is 0.247 e. The van der Waals surface area contributed by atoms with Gasteiger partial charge in [-0.15, -0.1) is 0 Å². The molecule has 0 spiro atoms. The second-order valence-electron chi connectivity index (χ2n) is 5.46. The molecular formula is C17H12FN5O. The number of halogens is 1. The van der Waals surface area contributed by atoms with Crippen LogP contribution in [0.4, 0.5) is 10.1 Å². The molecule has 24 heavy (non-hydrogen) atoms. The van der Waals surface area contributed by atoms with Gasteiger partial charge in [0.2, 0.25) is 5.89 Å². The monoisotopic (exact) mass is 321 g/mol. The molecule has 0 aliphatic carbocycles. The van der Waals surface area contributed by atoms with E-state index in [1.54, 1.807) is 24.7 Å². The third-order valence-corrected chi connectivity index (χ3v) is 3.89. The number of nitriles is 1. The largest absolute Gasteiger partial charge is 0.439 e. The summed E-state index contributed by atoms with van der Waals surface area (Å²) in [6, 6.07) is 6.30. The van der Waals surface area contributed by atoms with Crippen molar-refractivity contribution in [2.24, 2.45) is 0 Å². The van der Waals surface area contributed by atoms with Gasteiger partial charge in [0, 0.05) is 31.0 Å². The van der Waals surface area contributed by atoms with Gasteiger partial charge in [-0.2, -0.15) is 5.26 Å². The average molecular weight is 321 g/mol. The number of rotatable bonds is 2. The molecule has 0 saturated heterocycles. The summed E-state index contributed by atoms with van der Waals surface area (Å²) in [5.41, 5.74) is 2.35. The van der Waals surface area contributed by atoms with E-state index >= 15 is 0 Å².